The molecule has 4 nitrogen and oxygen atoms in total. The first-order valence-corrected chi connectivity index (χ1v) is 8.05. The SMILES string of the molecule is CC(C)(C)c1cnc([C@@H]2COCCN2Cc2ccc(F)cc2)[nH]1. The lowest BCUT2D eigenvalue weighted by molar-refractivity contribution is -0.0157. The Kier molecular flexibility index (Phi) is 4.50. The molecule has 0 unspecified atom stereocenters. The van der Waals surface area contributed by atoms with Crippen LogP contribution in [-0.2, 0) is 16.7 Å². The molecule has 0 bridgehead atoms. The van der Waals surface area contributed by atoms with Crippen molar-refractivity contribution in [1.82, 2.24) is 14.9 Å². The van der Waals surface area contributed by atoms with Crippen LogP contribution in [0.5, 0.6) is 0 Å². The number of rotatable bonds is 3. The minimum absolute atomic E-state index is 0.0442. The molecule has 0 aliphatic carbocycles. The second kappa shape index (κ2) is 6.42. The summed E-state index contributed by atoms with van der Waals surface area (Å²) in [4.78, 5) is 10.4. The highest BCUT2D eigenvalue weighted by Gasteiger charge is 2.28. The Hall–Kier alpha value is -1.72. The molecule has 1 aliphatic rings. The molecule has 124 valence electrons. The number of imidazole rings is 1. The Morgan fingerprint density at radius 2 is 2.04 bits per heavy atom. The molecule has 3 rings (SSSR count). The number of hydrogen-bond donors (Lipinski definition) is 1. The van der Waals surface area contributed by atoms with Crippen molar-refractivity contribution in [2.45, 2.75) is 38.8 Å². The van der Waals surface area contributed by atoms with Crippen LogP contribution in [0, 0.1) is 5.82 Å². The van der Waals surface area contributed by atoms with Gasteiger partial charge in [0, 0.05) is 30.4 Å². The molecule has 23 heavy (non-hydrogen) atoms. The zero-order chi connectivity index (χ0) is 16.4. The fraction of sp³-hybridized carbons (Fsp3) is 0.500. The van der Waals surface area contributed by atoms with E-state index >= 15 is 0 Å². The molecule has 1 aromatic carbocycles. The lowest BCUT2D eigenvalue weighted by atomic mass is 9.93. The first-order valence-electron chi connectivity index (χ1n) is 8.05. The molecular formula is C18H24FN3O. The van der Waals surface area contributed by atoms with Gasteiger partial charge in [-0.25, -0.2) is 9.37 Å². The van der Waals surface area contributed by atoms with Gasteiger partial charge in [0.25, 0.3) is 0 Å². The van der Waals surface area contributed by atoms with Gasteiger partial charge in [-0.2, -0.15) is 0 Å². The average molecular weight is 317 g/mol. The smallest absolute Gasteiger partial charge is 0.126 e. The molecule has 1 N–H and O–H groups in total. The van der Waals surface area contributed by atoms with E-state index in [1.807, 2.05) is 18.3 Å². The largest absolute Gasteiger partial charge is 0.378 e. The van der Waals surface area contributed by atoms with Crippen LogP contribution in [-0.4, -0.2) is 34.6 Å². The summed E-state index contributed by atoms with van der Waals surface area (Å²) in [6, 6.07) is 6.80. The standard InChI is InChI=1S/C18H24FN3O/c1-18(2,3)16-10-20-17(21-16)15-12-23-9-8-22(15)11-13-4-6-14(19)7-5-13/h4-7,10,15H,8-9,11-12H2,1-3H3,(H,20,21)/t15-/m0/s1. The van der Waals surface area contributed by atoms with Gasteiger partial charge in [0.15, 0.2) is 0 Å². The molecule has 1 atom stereocenters. The Morgan fingerprint density at radius 3 is 2.70 bits per heavy atom. The highest BCUT2D eigenvalue weighted by molar-refractivity contribution is 5.17. The Balaban J connectivity index is 1.78. The number of nitrogens with one attached hydrogen (secondary N) is 1. The fourth-order valence-corrected chi connectivity index (χ4v) is 2.79. The Bertz CT molecular complexity index is 645. The van der Waals surface area contributed by atoms with E-state index in [2.05, 4.69) is 35.6 Å². The van der Waals surface area contributed by atoms with Crippen molar-refractivity contribution in [2.24, 2.45) is 0 Å². The molecule has 2 aromatic rings. The molecule has 2 heterocycles. The molecule has 0 radical (unpaired) electrons. The van der Waals surface area contributed by atoms with E-state index in [0.29, 0.717) is 13.2 Å². The Morgan fingerprint density at radius 1 is 1.30 bits per heavy atom. The van der Waals surface area contributed by atoms with Crippen LogP contribution in [0.25, 0.3) is 0 Å². The van der Waals surface area contributed by atoms with E-state index in [1.54, 1.807) is 0 Å². The van der Waals surface area contributed by atoms with Gasteiger partial charge in [-0.1, -0.05) is 32.9 Å². The molecule has 1 aromatic heterocycles. The maximum absolute atomic E-state index is 13.1. The number of ether oxygens (including phenoxy) is 1. The fourth-order valence-electron chi connectivity index (χ4n) is 2.79. The molecule has 1 aliphatic heterocycles. The number of benzene rings is 1. The zero-order valence-corrected chi connectivity index (χ0v) is 14.0. The van der Waals surface area contributed by atoms with Crippen LogP contribution < -0.4 is 0 Å². The third-order valence-electron chi connectivity index (χ3n) is 4.26. The van der Waals surface area contributed by atoms with Gasteiger partial charge in [-0.05, 0) is 17.7 Å². The minimum Gasteiger partial charge on any atom is -0.378 e. The van der Waals surface area contributed by atoms with Gasteiger partial charge < -0.3 is 9.72 Å². The predicted octanol–water partition coefficient (Wildman–Crippen LogP) is 3.42. The predicted molar refractivity (Wildman–Crippen MR) is 87.7 cm³/mol. The van der Waals surface area contributed by atoms with E-state index in [-0.39, 0.29) is 17.3 Å². The van der Waals surface area contributed by atoms with Gasteiger partial charge in [0.2, 0.25) is 0 Å². The quantitative estimate of drug-likeness (QED) is 0.943. The summed E-state index contributed by atoms with van der Waals surface area (Å²) in [5, 5.41) is 0. The lowest BCUT2D eigenvalue weighted by Crippen LogP contribution is -2.39. The highest BCUT2D eigenvalue weighted by Crippen LogP contribution is 2.27. The number of aromatic nitrogens is 2. The number of hydrogen-bond acceptors (Lipinski definition) is 3. The van der Waals surface area contributed by atoms with Crippen LogP contribution in [0.2, 0.25) is 0 Å². The van der Waals surface area contributed by atoms with Crippen LogP contribution in [0.1, 0.15) is 43.9 Å². The Labute approximate surface area is 136 Å². The average Bonchev–Trinajstić information content (AvgIpc) is 3.00. The van der Waals surface area contributed by atoms with Crippen molar-refractivity contribution in [3.05, 3.63) is 53.4 Å². The van der Waals surface area contributed by atoms with E-state index in [4.69, 9.17) is 4.74 Å². The molecule has 0 spiro atoms. The van der Waals surface area contributed by atoms with Gasteiger partial charge in [-0.3, -0.25) is 4.90 Å². The summed E-state index contributed by atoms with van der Waals surface area (Å²) < 4.78 is 18.7. The second-order valence-corrected chi connectivity index (χ2v) is 7.12. The summed E-state index contributed by atoms with van der Waals surface area (Å²) in [6.45, 7) is 9.43. The maximum Gasteiger partial charge on any atom is 0.126 e. The first kappa shape index (κ1) is 16.1. The van der Waals surface area contributed by atoms with E-state index in [1.165, 1.54) is 12.1 Å². The number of halogens is 1. The van der Waals surface area contributed by atoms with Gasteiger partial charge in [0.05, 0.1) is 19.3 Å². The minimum atomic E-state index is -0.201. The van der Waals surface area contributed by atoms with Crippen LogP contribution in [0.4, 0.5) is 4.39 Å². The molecule has 1 saturated heterocycles. The van der Waals surface area contributed by atoms with Gasteiger partial charge >= 0.3 is 0 Å². The number of aromatic amines is 1. The van der Waals surface area contributed by atoms with Crippen molar-refractivity contribution in [2.75, 3.05) is 19.8 Å². The van der Waals surface area contributed by atoms with Crippen molar-refractivity contribution in [3.63, 3.8) is 0 Å². The van der Waals surface area contributed by atoms with Crippen molar-refractivity contribution < 1.29 is 9.13 Å². The van der Waals surface area contributed by atoms with Crippen molar-refractivity contribution in [3.8, 4) is 0 Å². The highest BCUT2D eigenvalue weighted by atomic mass is 19.1. The van der Waals surface area contributed by atoms with Crippen molar-refractivity contribution in [1.29, 1.82) is 0 Å². The first-order chi connectivity index (χ1) is 10.9. The number of morpholine rings is 1. The summed E-state index contributed by atoms with van der Waals surface area (Å²) >= 11 is 0. The van der Waals surface area contributed by atoms with E-state index in [0.717, 1.165) is 30.2 Å². The van der Waals surface area contributed by atoms with Gasteiger partial charge in [0.1, 0.15) is 11.6 Å². The number of H-pyrrole nitrogens is 1. The van der Waals surface area contributed by atoms with Crippen LogP contribution >= 0.6 is 0 Å². The third-order valence-corrected chi connectivity index (χ3v) is 4.26. The zero-order valence-electron chi connectivity index (χ0n) is 14.0. The van der Waals surface area contributed by atoms with E-state index in [9.17, 15) is 4.39 Å². The third kappa shape index (κ3) is 3.79. The van der Waals surface area contributed by atoms with Crippen LogP contribution in [0.15, 0.2) is 30.5 Å². The topological polar surface area (TPSA) is 41.1 Å². The van der Waals surface area contributed by atoms with Crippen LogP contribution in [0.3, 0.4) is 0 Å². The normalized spacial score (nSPS) is 19.9. The molecular weight excluding hydrogens is 293 g/mol. The second-order valence-electron chi connectivity index (χ2n) is 7.12. The molecule has 0 saturated carbocycles. The molecule has 5 heteroatoms. The summed E-state index contributed by atoms with van der Waals surface area (Å²) in [7, 11) is 0. The molecule has 1 fully saturated rings. The summed E-state index contributed by atoms with van der Waals surface area (Å²) in [6.07, 6.45) is 1.92. The summed E-state index contributed by atoms with van der Waals surface area (Å²) in [5.41, 5.74) is 2.27. The maximum atomic E-state index is 13.1. The number of nitrogens with zero attached hydrogens (tertiary/aromatic N) is 2. The van der Waals surface area contributed by atoms with Crippen molar-refractivity contribution >= 4 is 0 Å². The lowest BCUT2D eigenvalue weighted by Gasteiger charge is -2.34. The van der Waals surface area contributed by atoms with E-state index < -0.39 is 0 Å². The van der Waals surface area contributed by atoms with Gasteiger partial charge in [-0.15, -0.1) is 0 Å². The summed E-state index contributed by atoms with van der Waals surface area (Å²) in [5.74, 6) is 0.741. The molecule has 0 amide bonds. The monoisotopic (exact) mass is 317 g/mol.